The normalized spacial score (nSPS) is 11.2. The van der Waals surface area contributed by atoms with Gasteiger partial charge in [-0.1, -0.05) is 24.3 Å². The van der Waals surface area contributed by atoms with Crippen molar-refractivity contribution in [2.75, 3.05) is 10.6 Å². The highest BCUT2D eigenvalue weighted by molar-refractivity contribution is 5.98. The van der Waals surface area contributed by atoms with Crippen LogP contribution in [0.25, 0.3) is 11.1 Å². The number of aromatic nitrogens is 2. The molecule has 0 radical (unpaired) electrons. The van der Waals surface area contributed by atoms with E-state index in [1.165, 1.54) is 6.20 Å². The van der Waals surface area contributed by atoms with E-state index in [1.54, 1.807) is 54.9 Å². The Morgan fingerprint density at radius 1 is 0.892 bits per heavy atom. The lowest BCUT2D eigenvalue weighted by Crippen LogP contribution is -2.36. The molecule has 0 bridgehead atoms. The van der Waals surface area contributed by atoms with Gasteiger partial charge in [0.15, 0.2) is 0 Å². The Bertz CT molecular complexity index is 1410. The van der Waals surface area contributed by atoms with Crippen LogP contribution in [0.4, 0.5) is 16.2 Å². The number of amidine groups is 1. The summed E-state index contributed by atoms with van der Waals surface area (Å²) in [5, 5.41) is 13.9. The van der Waals surface area contributed by atoms with Gasteiger partial charge >= 0.3 is 6.09 Å². The number of carbonyl (C=O) groups excluding carboxylic acids is 2. The lowest BCUT2D eigenvalue weighted by atomic mass is 10.0. The Labute approximate surface area is 213 Å². The van der Waals surface area contributed by atoms with Gasteiger partial charge < -0.3 is 26.8 Å². The van der Waals surface area contributed by atoms with Crippen LogP contribution in [0.3, 0.4) is 0 Å². The number of pyridine rings is 2. The zero-order valence-electron chi connectivity index (χ0n) is 19.7. The van der Waals surface area contributed by atoms with Crippen LogP contribution in [0, 0.1) is 5.41 Å². The quantitative estimate of drug-likeness (QED) is 0.175. The maximum absolute atomic E-state index is 13.3. The number of nitrogens with two attached hydrogens (primary N) is 2. The van der Waals surface area contributed by atoms with Gasteiger partial charge in [0.1, 0.15) is 11.9 Å². The van der Waals surface area contributed by atoms with E-state index >= 15 is 0 Å². The zero-order chi connectivity index (χ0) is 26.2. The zero-order valence-corrected chi connectivity index (χ0v) is 19.7. The molecule has 10 nitrogen and oxygen atoms in total. The van der Waals surface area contributed by atoms with Gasteiger partial charge in [-0.15, -0.1) is 0 Å². The Hall–Kier alpha value is -5.25. The fourth-order valence-corrected chi connectivity index (χ4v) is 3.66. The second-order valence-corrected chi connectivity index (χ2v) is 8.12. The Morgan fingerprint density at radius 3 is 2.35 bits per heavy atom. The summed E-state index contributed by atoms with van der Waals surface area (Å²) in [7, 11) is 0. The van der Waals surface area contributed by atoms with Crippen LogP contribution in [0.5, 0.6) is 5.88 Å². The maximum Gasteiger partial charge on any atom is 0.411 e. The molecule has 0 aliphatic rings. The molecule has 0 spiro atoms. The van der Waals surface area contributed by atoms with E-state index in [-0.39, 0.29) is 17.6 Å². The van der Waals surface area contributed by atoms with Crippen LogP contribution in [-0.4, -0.2) is 33.8 Å². The first-order valence-corrected chi connectivity index (χ1v) is 11.3. The summed E-state index contributed by atoms with van der Waals surface area (Å²) < 4.78 is 4.84. The van der Waals surface area contributed by atoms with Crippen LogP contribution in [0.2, 0.25) is 0 Å². The van der Waals surface area contributed by atoms with Crippen molar-refractivity contribution in [1.29, 1.82) is 5.41 Å². The number of hydrogen-bond donors (Lipinski definition) is 5. The van der Waals surface area contributed by atoms with Crippen LogP contribution in [-0.2, 0) is 11.2 Å². The van der Waals surface area contributed by atoms with Crippen molar-refractivity contribution in [3.63, 3.8) is 0 Å². The highest BCUT2D eigenvalue weighted by Gasteiger charge is 2.20. The average Bonchev–Trinajstić information content (AvgIpc) is 2.89. The minimum Gasteiger partial charge on any atom is -0.391 e. The molecule has 0 fully saturated rings. The first-order chi connectivity index (χ1) is 17.9. The number of nitrogens with one attached hydrogen (secondary N) is 3. The smallest absolute Gasteiger partial charge is 0.391 e. The molecule has 2 amide bonds. The van der Waals surface area contributed by atoms with Crippen molar-refractivity contribution < 1.29 is 14.3 Å². The molecular formula is C27H25N7O3. The number of hydrogen-bond acceptors (Lipinski definition) is 7. The third kappa shape index (κ3) is 6.89. The molecule has 0 saturated carbocycles. The van der Waals surface area contributed by atoms with Crippen molar-refractivity contribution in [2.24, 2.45) is 11.5 Å². The molecule has 0 unspecified atom stereocenters. The van der Waals surface area contributed by atoms with Crippen molar-refractivity contribution in [3.05, 3.63) is 103 Å². The molecule has 0 aliphatic heterocycles. The van der Waals surface area contributed by atoms with Crippen LogP contribution < -0.4 is 26.8 Å². The van der Waals surface area contributed by atoms with Gasteiger partial charge in [-0.25, -0.2) is 9.78 Å². The number of primary amides is 1. The molecule has 37 heavy (non-hydrogen) atoms. The summed E-state index contributed by atoms with van der Waals surface area (Å²) in [6, 6.07) is 20.8. The molecule has 186 valence electrons. The second kappa shape index (κ2) is 11.5. The van der Waals surface area contributed by atoms with E-state index in [4.69, 9.17) is 21.6 Å². The monoisotopic (exact) mass is 495 g/mol. The molecule has 0 saturated heterocycles. The SMILES string of the molecule is N=C(N)c1cccc(N[C@@H](Cc2ccncc2)C(=O)Nc2ccc(-c3ccnc(OC(N)=O)c3)cc2)c1. The minimum atomic E-state index is -0.939. The third-order valence-electron chi connectivity index (χ3n) is 5.45. The Kier molecular flexibility index (Phi) is 7.69. The molecule has 7 N–H and O–H groups in total. The van der Waals surface area contributed by atoms with E-state index in [1.807, 2.05) is 30.3 Å². The van der Waals surface area contributed by atoms with E-state index in [0.29, 0.717) is 23.4 Å². The largest absolute Gasteiger partial charge is 0.411 e. The second-order valence-electron chi connectivity index (χ2n) is 8.12. The van der Waals surface area contributed by atoms with Crippen molar-refractivity contribution >= 4 is 29.2 Å². The van der Waals surface area contributed by atoms with Gasteiger partial charge in [-0.2, -0.15) is 0 Å². The van der Waals surface area contributed by atoms with Crippen LogP contribution >= 0.6 is 0 Å². The molecule has 2 heterocycles. The van der Waals surface area contributed by atoms with E-state index in [9.17, 15) is 9.59 Å². The molecule has 2 aromatic heterocycles. The van der Waals surface area contributed by atoms with E-state index in [0.717, 1.165) is 16.7 Å². The van der Waals surface area contributed by atoms with Gasteiger partial charge in [0, 0.05) is 48.0 Å². The first-order valence-electron chi connectivity index (χ1n) is 11.3. The Balaban J connectivity index is 1.51. The highest BCUT2D eigenvalue weighted by atomic mass is 16.6. The summed E-state index contributed by atoms with van der Waals surface area (Å²) in [4.78, 5) is 32.3. The lowest BCUT2D eigenvalue weighted by Gasteiger charge is -2.20. The molecule has 2 aromatic carbocycles. The highest BCUT2D eigenvalue weighted by Crippen LogP contribution is 2.24. The summed E-state index contributed by atoms with van der Waals surface area (Å²) in [6.07, 6.45) is 4.35. The Morgan fingerprint density at radius 2 is 1.65 bits per heavy atom. The fourth-order valence-electron chi connectivity index (χ4n) is 3.66. The van der Waals surface area contributed by atoms with Crippen molar-refractivity contribution in [1.82, 2.24) is 9.97 Å². The predicted molar refractivity (Wildman–Crippen MR) is 141 cm³/mol. The van der Waals surface area contributed by atoms with Crippen molar-refractivity contribution in [3.8, 4) is 17.0 Å². The third-order valence-corrected chi connectivity index (χ3v) is 5.45. The lowest BCUT2D eigenvalue weighted by molar-refractivity contribution is -0.116. The average molecular weight is 496 g/mol. The van der Waals surface area contributed by atoms with Crippen molar-refractivity contribution in [2.45, 2.75) is 12.5 Å². The molecule has 1 atom stereocenters. The summed E-state index contributed by atoms with van der Waals surface area (Å²) in [5.41, 5.74) is 15.1. The van der Waals surface area contributed by atoms with Gasteiger partial charge in [-0.05, 0) is 59.2 Å². The van der Waals surface area contributed by atoms with Crippen LogP contribution in [0.1, 0.15) is 11.1 Å². The standard InChI is InChI=1S/C27H25N7O3/c28-25(29)20-2-1-3-22(15-20)33-23(14-17-8-11-31-12-9-17)26(35)34-21-6-4-18(5-7-21)19-10-13-32-24(16-19)37-27(30)36/h1-13,15-16,23,33H,14H2,(H3,28,29)(H2,30,36)(H,34,35)/t23-/m0/s1. The van der Waals surface area contributed by atoms with E-state index in [2.05, 4.69) is 20.6 Å². The topological polar surface area (TPSA) is 169 Å². The molecule has 10 heteroatoms. The summed E-state index contributed by atoms with van der Waals surface area (Å²) in [5.74, 6) is -0.193. The summed E-state index contributed by atoms with van der Waals surface area (Å²) in [6.45, 7) is 0. The number of amides is 2. The maximum atomic E-state index is 13.3. The number of benzene rings is 2. The first kappa shape index (κ1) is 24.9. The number of rotatable bonds is 9. The number of nitrogen functional groups attached to an aromatic ring is 1. The number of carbonyl (C=O) groups is 2. The number of nitrogens with zero attached hydrogens (tertiary/aromatic N) is 2. The van der Waals surface area contributed by atoms with Gasteiger partial charge in [0.2, 0.25) is 11.8 Å². The van der Waals surface area contributed by atoms with Gasteiger partial charge in [0.05, 0.1) is 0 Å². The van der Waals surface area contributed by atoms with Gasteiger partial charge in [0.25, 0.3) is 0 Å². The number of anilines is 2. The number of ether oxygens (including phenoxy) is 1. The molecule has 4 rings (SSSR count). The predicted octanol–water partition coefficient (Wildman–Crippen LogP) is 3.55. The minimum absolute atomic E-state index is 0.0543. The van der Waals surface area contributed by atoms with E-state index < -0.39 is 12.1 Å². The summed E-state index contributed by atoms with van der Waals surface area (Å²) >= 11 is 0. The molecular weight excluding hydrogens is 470 g/mol. The van der Waals surface area contributed by atoms with Crippen LogP contribution in [0.15, 0.2) is 91.4 Å². The fraction of sp³-hybridized carbons (Fsp3) is 0.0741. The molecule has 0 aliphatic carbocycles. The van der Waals surface area contributed by atoms with Gasteiger partial charge in [-0.3, -0.25) is 15.2 Å². The molecule has 4 aromatic rings.